The summed E-state index contributed by atoms with van der Waals surface area (Å²) in [5.41, 5.74) is 3.57. The van der Waals surface area contributed by atoms with Crippen molar-refractivity contribution in [2.45, 2.75) is 45.3 Å². The lowest BCUT2D eigenvalue weighted by atomic mass is 9.65. The molecule has 0 saturated carbocycles. The zero-order valence-corrected chi connectivity index (χ0v) is 34.6. The quantitative estimate of drug-likeness (QED) is 0.0541. The molecule has 4 aromatic rings. The molecular formula is C45H50O12. The van der Waals surface area contributed by atoms with Crippen molar-refractivity contribution in [3.05, 3.63) is 106 Å². The van der Waals surface area contributed by atoms with Gasteiger partial charge in [0.1, 0.15) is 11.5 Å². The van der Waals surface area contributed by atoms with E-state index in [0.29, 0.717) is 22.3 Å². The maximum atomic E-state index is 13.3. The predicted octanol–water partition coefficient (Wildman–Crippen LogP) is 8.48. The Morgan fingerprint density at radius 1 is 0.491 bits per heavy atom. The van der Waals surface area contributed by atoms with Crippen LogP contribution in [0.2, 0.25) is 0 Å². The van der Waals surface area contributed by atoms with Crippen LogP contribution in [0.3, 0.4) is 0 Å². The smallest absolute Gasteiger partial charge is 0.338 e. The van der Waals surface area contributed by atoms with Crippen molar-refractivity contribution in [3.63, 3.8) is 0 Å². The van der Waals surface area contributed by atoms with Crippen LogP contribution in [0.5, 0.6) is 46.0 Å². The number of hydrogen-bond acceptors (Lipinski definition) is 12. The predicted molar refractivity (Wildman–Crippen MR) is 215 cm³/mol. The van der Waals surface area contributed by atoms with Crippen LogP contribution in [0.4, 0.5) is 0 Å². The van der Waals surface area contributed by atoms with Crippen LogP contribution in [0.1, 0.15) is 73.3 Å². The molecule has 2 atom stereocenters. The van der Waals surface area contributed by atoms with Gasteiger partial charge in [-0.3, -0.25) is 0 Å². The zero-order valence-electron chi connectivity index (χ0n) is 34.6. The molecule has 5 rings (SSSR count). The van der Waals surface area contributed by atoms with Crippen LogP contribution in [0.15, 0.2) is 72.8 Å². The molecule has 0 saturated heterocycles. The first-order valence-electron chi connectivity index (χ1n) is 18.0. The van der Waals surface area contributed by atoms with Gasteiger partial charge in [-0.15, -0.1) is 0 Å². The van der Waals surface area contributed by atoms with E-state index in [0.717, 1.165) is 22.3 Å². The van der Waals surface area contributed by atoms with Crippen LogP contribution in [-0.4, -0.2) is 68.8 Å². The monoisotopic (exact) mass is 782 g/mol. The average molecular weight is 783 g/mol. The number of esters is 2. The Hall–Kier alpha value is -5.98. The highest BCUT2D eigenvalue weighted by Gasteiger charge is 2.56. The van der Waals surface area contributed by atoms with E-state index in [1.165, 1.54) is 56.9 Å². The van der Waals surface area contributed by atoms with Crippen molar-refractivity contribution >= 4 is 11.9 Å². The fourth-order valence-corrected chi connectivity index (χ4v) is 7.66. The van der Waals surface area contributed by atoms with E-state index >= 15 is 0 Å². The van der Waals surface area contributed by atoms with Gasteiger partial charge in [0.2, 0.25) is 11.5 Å². The van der Waals surface area contributed by atoms with Crippen LogP contribution in [0, 0.1) is 0 Å². The van der Waals surface area contributed by atoms with Crippen molar-refractivity contribution in [2.75, 3.05) is 56.9 Å². The summed E-state index contributed by atoms with van der Waals surface area (Å²) in [7, 11) is 11.9. The largest absolute Gasteiger partial charge is 0.496 e. The van der Waals surface area contributed by atoms with Gasteiger partial charge in [0.15, 0.2) is 23.0 Å². The third kappa shape index (κ3) is 6.62. The summed E-state index contributed by atoms with van der Waals surface area (Å²) in [6.07, 6.45) is -1.50. The maximum Gasteiger partial charge on any atom is 0.338 e. The average Bonchev–Trinajstić information content (AvgIpc) is 3.51. The van der Waals surface area contributed by atoms with Gasteiger partial charge < -0.3 is 47.4 Å². The van der Waals surface area contributed by atoms with E-state index in [-0.39, 0.29) is 57.1 Å². The number of fused-ring (bicyclic) bond motifs is 3. The van der Waals surface area contributed by atoms with Gasteiger partial charge >= 0.3 is 11.9 Å². The highest BCUT2D eigenvalue weighted by molar-refractivity contribution is 5.95. The number of carbonyl (C=O) groups is 2. The minimum atomic E-state index is -1.50. The summed E-state index contributed by atoms with van der Waals surface area (Å²) >= 11 is 0. The molecule has 57 heavy (non-hydrogen) atoms. The van der Waals surface area contributed by atoms with Gasteiger partial charge in [-0.1, -0.05) is 61.7 Å². The minimum absolute atomic E-state index is 0.0132. The van der Waals surface area contributed by atoms with Crippen LogP contribution in [-0.2, 0) is 24.5 Å². The SMILES string of the molecule is C=C(C)C(=O)Oc1c(OC)c(OC)c(C2(c3c(OC)c(OC)c(OC(=O)C(=C)C)c(C(C)OC)c3OC)c3ccccc3-c3ccccc32)c(OC)c1C(C)OC. The van der Waals surface area contributed by atoms with Gasteiger partial charge in [-0.2, -0.15) is 0 Å². The number of hydrogen-bond donors (Lipinski definition) is 0. The van der Waals surface area contributed by atoms with Gasteiger partial charge in [0.25, 0.3) is 0 Å². The van der Waals surface area contributed by atoms with Crippen molar-refractivity contribution < 1.29 is 57.0 Å². The van der Waals surface area contributed by atoms with E-state index < -0.39 is 29.6 Å². The van der Waals surface area contributed by atoms with Crippen LogP contribution in [0.25, 0.3) is 11.1 Å². The van der Waals surface area contributed by atoms with E-state index in [1.807, 2.05) is 48.5 Å². The van der Waals surface area contributed by atoms with Crippen molar-refractivity contribution in [3.8, 4) is 57.1 Å². The molecule has 0 bridgehead atoms. The van der Waals surface area contributed by atoms with Crippen molar-refractivity contribution in [2.24, 2.45) is 0 Å². The van der Waals surface area contributed by atoms with Gasteiger partial charge in [0.05, 0.1) is 82.5 Å². The zero-order chi connectivity index (χ0) is 41.9. The van der Waals surface area contributed by atoms with Gasteiger partial charge in [-0.05, 0) is 49.9 Å². The number of methoxy groups -OCH3 is 8. The standard InChI is InChI=1S/C45H50O12/c1-23(2)43(46)56-37-31(25(5)48-7)35(50-9)33(39(52-11)41(37)54-13)45(29-21-17-15-19-27(29)28-20-16-18-22-30(28)45)34-36(51-10)32(26(6)49-8)38(57-44(47)24(3)4)42(55-14)40(34)53-12/h15-22,25-26H,1,3H2,2,4-14H3. The Balaban J connectivity index is 2.24. The topological polar surface area (TPSA) is 126 Å². The second-order valence-electron chi connectivity index (χ2n) is 13.4. The Morgan fingerprint density at radius 2 is 0.807 bits per heavy atom. The van der Waals surface area contributed by atoms with E-state index in [1.54, 1.807) is 27.7 Å². The van der Waals surface area contributed by atoms with Crippen molar-refractivity contribution in [1.82, 2.24) is 0 Å². The van der Waals surface area contributed by atoms with Crippen molar-refractivity contribution in [1.29, 1.82) is 0 Å². The lowest BCUT2D eigenvalue weighted by Crippen LogP contribution is -2.33. The normalized spacial score (nSPS) is 13.3. The van der Waals surface area contributed by atoms with E-state index in [9.17, 15) is 9.59 Å². The number of ether oxygens (including phenoxy) is 10. The molecule has 0 N–H and O–H groups in total. The Bertz CT molecular complexity index is 2080. The Kier molecular flexibility index (Phi) is 12.6. The van der Waals surface area contributed by atoms with Crippen LogP contribution < -0.4 is 37.9 Å². The summed E-state index contributed by atoms with van der Waals surface area (Å²) in [6.45, 7) is 14.3. The fourth-order valence-electron chi connectivity index (χ4n) is 7.66. The van der Waals surface area contributed by atoms with Gasteiger partial charge in [-0.25, -0.2) is 9.59 Å². The maximum absolute atomic E-state index is 13.3. The summed E-state index contributed by atoms with van der Waals surface area (Å²) in [5.74, 6) is -0.451. The molecule has 0 aliphatic heterocycles. The first-order valence-corrected chi connectivity index (χ1v) is 18.0. The fraction of sp³-hybridized carbons (Fsp3) is 0.333. The molecule has 12 heteroatoms. The number of benzene rings is 4. The summed E-state index contributed by atoms with van der Waals surface area (Å²) < 4.78 is 62.0. The molecule has 0 radical (unpaired) electrons. The lowest BCUT2D eigenvalue weighted by Gasteiger charge is -2.40. The second kappa shape index (κ2) is 17.0. The molecule has 0 heterocycles. The third-order valence-electron chi connectivity index (χ3n) is 10.2. The second-order valence-corrected chi connectivity index (χ2v) is 13.4. The molecule has 12 nitrogen and oxygen atoms in total. The molecule has 302 valence electrons. The molecule has 2 unspecified atom stereocenters. The summed E-state index contributed by atoms with van der Waals surface area (Å²) in [6, 6.07) is 15.8. The first kappa shape index (κ1) is 42.2. The van der Waals surface area contributed by atoms with Crippen LogP contribution >= 0.6 is 0 Å². The highest BCUT2D eigenvalue weighted by Crippen LogP contribution is 2.69. The molecule has 1 aliphatic carbocycles. The molecule has 0 amide bonds. The summed E-state index contributed by atoms with van der Waals surface area (Å²) in [5, 5.41) is 0. The molecular weight excluding hydrogens is 732 g/mol. The molecule has 0 fully saturated rings. The number of rotatable bonds is 16. The summed E-state index contributed by atoms with van der Waals surface area (Å²) in [4.78, 5) is 26.6. The Morgan fingerprint density at radius 3 is 1.09 bits per heavy atom. The molecule has 1 aliphatic rings. The molecule has 0 aromatic heterocycles. The number of carbonyl (C=O) groups excluding carboxylic acids is 2. The Labute approximate surface area is 333 Å². The highest BCUT2D eigenvalue weighted by atomic mass is 16.6. The molecule has 4 aromatic carbocycles. The van der Waals surface area contributed by atoms with Gasteiger partial charge in [0, 0.05) is 25.4 Å². The lowest BCUT2D eigenvalue weighted by molar-refractivity contribution is -0.131. The van der Waals surface area contributed by atoms with E-state index in [4.69, 9.17) is 47.4 Å². The van der Waals surface area contributed by atoms with E-state index in [2.05, 4.69) is 13.2 Å². The first-order chi connectivity index (χ1) is 27.3. The third-order valence-corrected chi connectivity index (χ3v) is 10.2. The minimum Gasteiger partial charge on any atom is -0.496 e. The molecule has 0 spiro atoms.